The van der Waals surface area contributed by atoms with Crippen LogP contribution in [0.1, 0.15) is 13.3 Å². The van der Waals surface area contributed by atoms with Crippen LogP contribution in [0.4, 0.5) is 0 Å². The van der Waals surface area contributed by atoms with Gasteiger partial charge in [0.25, 0.3) is 0 Å². The van der Waals surface area contributed by atoms with Gasteiger partial charge in [0.15, 0.2) is 0 Å². The Bertz CT molecular complexity index is 140. The van der Waals surface area contributed by atoms with Gasteiger partial charge in [-0.2, -0.15) is 0 Å². The Morgan fingerprint density at radius 2 is 2.36 bits per heavy atom. The van der Waals surface area contributed by atoms with E-state index in [2.05, 4.69) is 12.2 Å². The zero-order valence-electron chi connectivity index (χ0n) is 6.67. The second-order valence-corrected chi connectivity index (χ2v) is 2.90. The van der Waals surface area contributed by atoms with E-state index in [0.717, 1.165) is 13.0 Å². The minimum Gasteiger partial charge on any atom is -0.356 e. The van der Waals surface area contributed by atoms with Crippen molar-refractivity contribution in [2.45, 2.75) is 13.3 Å². The van der Waals surface area contributed by atoms with Crippen LogP contribution in [0.15, 0.2) is 0 Å². The van der Waals surface area contributed by atoms with Crippen molar-refractivity contribution in [1.29, 1.82) is 0 Å². The van der Waals surface area contributed by atoms with Gasteiger partial charge in [0, 0.05) is 13.1 Å². The number of amides is 1. The van der Waals surface area contributed by atoms with E-state index in [1.165, 1.54) is 0 Å². The van der Waals surface area contributed by atoms with Crippen LogP contribution < -0.4 is 11.1 Å². The molecule has 1 saturated heterocycles. The van der Waals surface area contributed by atoms with Gasteiger partial charge in [-0.15, -0.1) is 12.4 Å². The number of rotatable bonds is 1. The summed E-state index contributed by atoms with van der Waals surface area (Å²) in [5.74, 6) is 0.633. The fourth-order valence-corrected chi connectivity index (χ4v) is 1.35. The highest BCUT2D eigenvalue weighted by Gasteiger charge is 2.26. The molecule has 2 unspecified atom stereocenters. The van der Waals surface area contributed by atoms with Crippen molar-refractivity contribution in [1.82, 2.24) is 5.32 Å². The van der Waals surface area contributed by atoms with E-state index in [0.29, 0.717) is 12.5 Å². The van der Waals surface area contributed by atoms with Crippen LogP contribution in [-0.4, -0.2) is 19.0 Å². The fourth-order valence-electron chi connectivity index (χ4n) is 1.35. The zero-order chi connectivity index (χ0) is 7.56. The Labute approximate surface area is 73.1 Å². The summed E-state index contributed by atoms with van der Waals surface area (Å²) in [5, 5.41) is 2.79. The summed E-state index contributed by atoms with van der Waals surface area (Å²) in [5.41, 5.74) is 5.42. The van der Waals surface area contributed by atoms with Gasteiger partial charge in [-0.25, -0.2) is 0 Å². The van der Waals surface area contributed by atoms with E-state index in [1.807, 2.05) is 0 Å². The van der Waals surface area contributed by atoms with Crippen molar-refractivity contribution in [2.75, 3.05) is 13.1 Å². The lowest BCUT2D eigenvalue weighted by Crippen LogP contribution is -2.44. The van der Waals surface area contributed by atoms with Crippen LogP contribution in [0, 0.1) is 11.8 Å². The first-order valence-corrected chi connectivity index (χ1v) is 3.73. The normalized spacial score (nSPS) is 30.5. The molecule has 1 aliphatic rings. The number of hydrogen-bond acceptors (Lipinski definition) is 2. The number of nitrogens with one attached hydrogen (secondary N) is 1. The molecule has 0 radical (unpaired) electrons. The van der Waals surface area contributed by atoms with Crippen molar-refractivity contribution in [3.8, 4) is 0 Å². The molecule has 1 heterocycles. The molecule has 66 valence electrons. The van der Waals surface area contributed by atoms with Gasteiger partial charge in [0.05, 0.1) is 5.92 Å². The van der Waals surface area contributed by atoms with Crippen molar-refractivity contribution < 1.29 is 4.79 Å². The van der Waals surface area contributed by atoms with Gasteiger partial charge >= 0.3 is 0 Å². The lowest BCUT2D eigenvalue weighted by Gasteiger charge is -2.26. The van der Waals surface area contributed by atoms with Gasteiger partial charge in [-0.3, -0.25) is 4.79 Å². The quantitative estimate of drug-likeness (QED) is 0.600. The van der Waals surface area contributed by atoms with Crippen LogP contribution in [0.25, 0.3) is 0 Å². The maximum Gasteiger partial charge on any atom is 0.224 e. The average Bonchev–Trinajstić information content (AvgIpc) is 1.88. The number of piperidine rings is 1. The van der Waals surface area contributed by atoms with E-state index in [4.69, 9.17) is 5.73 Å². The minimum atomic E-state index is 0. The van der Waals surface area contributed by atoms with Crippen LogP contribution in [0.2, 0.25) is 0 Å². The van der Waals surface area contributed by atoms with Gasteiger partial charge in [-0.05, 0) is 12.3 Å². The molecule has 0 saturated carbocycles. The van der Waals surface area contributed by atoms with Crippen molar-refractivity contribution >= 4 is 18.3 Å². The number of carbonyl (C=O) groups excluding carboxylic acids is 1. The molecule has 0 bridgehead atoms. The third-order valence-corrected chi connectivity index (χ3v) is 2.18. The summed E-state index contributed by atoms with van der Waals surface area (Å²) in [6.07, 6.45) is 1.06. The molecule has 3 N–H and O–H groups in total. The highest BCUT2D eigenvalue weighted by molar-refractivity contribution is 5.85. The lowest BCUT2D eigenvalue weighted by molar-refractivity contribution is -0.128. The molecule has 0 aromatic heterocycles. The molecule has 2 atom stereocenters. The maximum atomic E-state index is 11.0. The molecular weight excluding hydrogens is 164 g/mol. The predicted octanol–water partition coefficient (Wildman–Crippen LogP) is 0.139. The van der Waals surface area contributed by atoms with Crippen LogP contribution in [0.5, 0.6) is 0 Å². The monoisotopic (exact) mass is 178 g/mol. The Morgan fingerprint density at radius 1 is 1.73 bits per heavy atom. The van der Waals surface area contributed by atoms with Gasteiger partial charge in [0.1, 0.15) is 0 Å². The van der Waals surface area contributed by atoms with Crippen LogP contribution in [0.3, 0.4) is 0 Å². The second kappa shape index (κ2) is 4.57. The third kappa shape index (κ3) is 2.34. The Hall–Kier alpha value is -0.280. The van der Waals surface area contributed by atoms with Crippen molar-refractivity contribution in [2.24, 2.45) is 17.6 Å². The summed E-state index contributed by atoms with van der Waals surface area (Å²) in [6.45, 7) is 3.37. The molecule has 0 aliphatic carbocycles. The molecule has 0 spiro atoms. The van der Waals surface area contributed by atoms with Crippen LogP contribution >= 0.6 is 12.4 Å². The molecule has 1 rings (SSSR count). The van der Waals surface area contributed by atoms with Gasteiger partial charge in [0.2, 0.25) is 5.91 Å². The lowest BCUT2D eigenvalue weighted by atomic mass is 9.88. The Balaban J connectivity index is 0.000001000. The minimum absolute atomic E-state index is 0. The summed E-state index contributed by atoms with van der Waals surface area (Å²) in [6, 6.07) is 0. The average molecular weight is 179 g/mol. The number of nitrogens with two attached hydrogens (primary N) is 1. The molecule has 0 aromatic rings. The van der Waals surface area contributed by atoms with E-state index in [9.17, 15) is 4.79 Å². The first-order chi connectivity index (χ1) is 4.75. The fraction of sp³-hybridized carbons (Fsp3) is 0.857. The van der Waals surface area contributed by atoms with Crippen molar-refractivity contribution in [3.05, 3.63) is 0 Å². The summed E-state index contributed by atoms with van der Waals surface area (Å²) in [4.78, 5) is 11.0. The van der Waals surface area contributed by atoms with Crippen molar-refractivity contribution in [3.63, 3.8) is 0 Å². The topological polar surface area (TPSA) is 55.1 Å². The largest absolute Gasteiger partial charge is 0.356 e. The first-order valence-electron chi connectivity index (χ1n) is 3.73. The molecule has 1 fully saturated rings. The molecule has 1 aliphatic heterocycles. The Kier molecular flexibility index (Phi) is 4.45. The van der Waals surface area contributed by atoms with Gasteiger partial charge < -0.3 is 11.1 Å². The SMILES string of the molecule is CC1CCNC(=O)C1CN.Cl. The van der Waals surface area contributed by atoms with Crippen LogP contribution in [-0.2, 0) is 4.79 Å². The molecule has 11 heavy (non-hydrogen) atoms. The molecule has 0 aromatic carbocycles. The highest BCUT2D eigenvalue weighted by atomic mass is 35.5. The smallest absolute Gasteiger partial charge is 0.224 e. The summed E-state index contributed by atoms with van der Waals surface area (Å²) in [7, 11) is 0. The molecule has 1 amide bonds. The molecule has 3 nitrogen and oxygen atoms in total. The van der Waals surface area contributed by atoms with Gasteiger partial charge in [-0.1, -0.05) is 6.92 Å². The number of carbonyl (C=O) groups is 1. The first kappa shape index (κ1) is 10.7. The maximum absolute atomic E-state index is 11.0. The number of halogens is 1. The van der Waals surface area contributed by atoms with E-state index >= 15 is 0 Å². The molecular formula is C7H15ClN2O. The Morgan fingerprint density at radius 3 is 2.73 bits per heavy atom. The summed E-state index contributed by atoms with van der Waals surface area (Å²) < 4.78 is 0. The van der Waals surface area contributed by atoms with E-state index < -0.39 is 0 Å². The number of hydrogen-bond donors (Lipinski definition) is 2. The van der Waals surface area contributed by atoms with E-state index in [1.54, 1.807) is 0 Å². The standard InChI is InChI=1S/C7H14N2O.ClH/c1-5-2-3-9-7(10)6(5)4-8;/h5-6H,2-4,8H2,1H3,(H,9,10);1H. The molecule has 4 heteroatoms. The zero-order valence-corrected chi connectivity index (χ0v) is 7.49. The predicted molar refractivity (Wildman–Crippen MR) is 46.6 cm³/mol. The second-order valence-electron chi connectivity index (χ2n) is 2.90. The third-order valence-electron chi connectivity index (χ3n) is 2.18. The highest BCUT2D eigenvalue weighted by Crippen LogP contribution is 2.17. The van der Waals surface area contributed by atoms with E-state index in [-0.39, 0.29) is 24.2 Å². The summed E-state index contributed by atoms with van der Waals surface area (Å²) >= 11 is 0.